The average molecular weight is 407 g/mol. The van der Waals surface area contributed by atoms with Gasteiger partial charge in [-0.15, -0.1) is 0 Å². The fourth-order valence-electron chi connectivity index (χ4n) is 3.86. The predicted octanol–water partition coefficient (Wildman–Crippen LogP) is 4.08. The predicted molar refractivity (Wildman–Crippen MR) is 107 cm³/mol. The Morgan fingerprint density at radius 3 is 2.24 bits per heavy atom. The van der Waals surface area contributed by atoms with E-state index >= 15 is 0 Å². The van der Waals surface area contributed by atoms with E-state index in [1.165, 1.54) is 43.9 Å². The Kier molecular flexibility index (Phi) is 8.39. The van der Waals surface area contributed by atoms with Gasteiger partial charge in [-0.3, -0.25) is 4.79 Å². The van der Waals surface area contributed by atoms with Gasteiger partial charge in [0.2, 0.25) is 0 Å². The molecule has 0 aromatic heterocycles. The number of hydrogen-bond donors (Lipinski definition) is 4. The van der Waals surface area contributed by atoms with Crippen LogP contribution in [0.1, 0.15) is 42.4 Å². The number of aromatic hydroxyl groups is 3. The minimum Gasteiger partial charge on any atom is -0.508 e. The first-order chi connectivity index (χ1) is 13.8. The van der Waals surface area contributed by atoms with Gasteiger partial charge in [0.25, 0.3) is 6.54 Å². The van der Waals surface area contributed by atoms with E-state index in [-0.39, 0.29) is 17.2 Å². The molecule has 7 heteroatoms. The number of phenolic OH excluding ortho intramolecular Hbond substituents is 3. The van der Waals surface area contributed by atoms with Crippen LogP contribution in [0.5, 0.6) is 17.2 Å². The van der Waals surface area contributed by atoms with Gasteiger partial charge in [0, 0.05) is 18.2 Å². The second-order valence-corrected chi connectivity index (χ2v) is 7.40. The summed E-state index contributed by atoms with van der Waals surface area (Å²) in [6.45, 7) is 1.02. The number of fused-ring (bicyclic) bond motifs is 1. The lowest BCUT2D eigenvalue weighted by molar-refractivity contribution is 0.431. The lowest BCUT2D eigenvalue weighted by atomic mass is 10.1. The first-order valence-electron chi connectivity index (χ1n) is 9.62. The van der Waals surface area contributed by atoms with Crippen molar-refractivity contribution in [2.75, 3.05) is 0 Å². The molecule has 1 saturated carbocycles. The molecule has 0 aliphatic heterocycles. The number of hydrogen-bond acceptors (Lipinski definition) is 5. The number of phenols is 3. The van der Waals surface area contributed by atoms with Gasteiger partial charge in [-0.05, 0) is 67.5 Å². The Labute approximate surface area is 169 Å². The number of halogens is 2. The van der Waals surface area contributed by atoms with Crippen LogP contribution in [0.4, 0.5) is 8.78 Å². The molecule has 4 rings (SSSR count). The number of benzene rings is 2. The molecule has 29 heavy (non-hydrogen) atoms. The zero-order valence-corrected chi connectivity index (χ0v) is 16.4. The van der Waals surface area contributed by atoms with Crippen LogP contribution in [0.25, 0.3) is 0 Å². The van der Waals surface area contributed by atoms with E-state index in [4.69, 9.17) is 9.90 Å². The number of rotatable bonds is 2. The molecule has 4 N–H and O–H groups in total. The van der Waals surface area contributed by atoms with Gasteiger partial charge < -0.3 is 20.6 Å². The van der Waals surface area contributed by atoms with E-state index in [0.29, 0.717) is 12.1 Å². The molecular formula is C22H27F2NO4. The fraction of sp³-hybridized carbons (Fsp3) is 0.409. The van der Waals surface area contributed by atoms with Gasteiger partial charge in [-0.1, -0.05) is 18.9 Å². The lowest BCUT2D eigenvalue weighted by Crippen LogP contribution is -2.37. The normalized spacial score (nSPS) is 17.6. The average Bonchev–Trinajstić information content (AvgIpc) is 3.30. The molecule has 0 radical (unpaired) electrons. The summed E-state index contributed by atoms with van der Waals surface area (Å²) in [6, 6.07) is 8.59. The van der Waals surface area contributed by atoms with E-state index in [1.54, 1.807) is 19.1 Å². The second kappa shape index (κ2) is 10.8. The minimum atomic E-state index is -0.750. The van der Waals surface area contributed by atoms with Crippen LogP contribution in [0.15, 0.2) is 30.3 Å². The van der Waals surface area contributed by atoms with Gasteiger partial charge in [0.1, 0.15) is 11.5 Å². The van der Waals surface area contributed by atoms with Crippen molar-refractivity contribution in [1.82, 2.24) is 5.32 Å². The van der Waals surface area contributed by atoms with E-state index in [0.717, 1.165) is 29.5 Å². The molecule has 1 atom stereocenters. The molecule has 0 spiro atoms. The van der Waals surface area contributed by atoms with Gasteiger partial charge in [-0.2, -0.15) is 4.39 Å². The highest BCUT2D eigenvalue weighted by Crippen LogP contribution is 2.34. The standard InChI is InChI=1S/C14H19NO2.C7H7FO.CHFO/c16-12-6-9-5-11(7-13(9)14(17)8-12)15-10-3-1-2-4-10;1-5-2-3-7(9)6(8)4-5;2-1-3/h6,8,10-11,15-17H,1-5,7H2;2-4,9H,1H3;1H. The molecule has 0 saturated heterocycles. The quantitative estimate of drug-likeness (QED) is 0.445. The Bertz CT molecular complexity index is 823. The van der Waals surface area contributed by atoms with Crippen LogP contribution >= 0.6 is 0 Å². The Hall–Kier alpha value is -2.67. The highest BCUT2D eigenvalue weighted by molar-refractivity contribution is 5.48. The van der Waals surface area contributed by atoms with Gasteiger partial charge in [0.15, 0.2) is 11.6 Å². The van der Waals surface area contributed by atoms with Crippen molar-refractivity contribution in [1.29, 1.82) is 0 Å². The summed E-state index contributed by atoms with van der Waals surface area (Å²) >= 11 is 0. The van der Waals surface area contributed by atoms with Crippen molar-refractivity contribution in [2.45, 2.75) is 57.5 Å². The third kappa shape index (κ3) is 6.71. The van der Waals surface area contributed by atoms with Crippen molar-refractivity contribution in [2.24, 2.45) is 0 Å². The molecule has 2 aromatic rings. The Morgan fingerprint density at radius 2 is 1.66 bits per heavy atom. The molecule has 158 valence electrons. The third-order valence-electron chi connectivity index (χ3n) is 5.15. The molecule has 0 amide bonds. The zero-order valence-electron chi connectivity index (χ0n) is 16.4. The molecule has 1 fully saturated rings. The lowest BCUT2D eigenvalue weighted by Gasteiger charge is -2.17. The van der Waals surface area contributed by atoms with Crippen LogP contribution in [-0.2, 0) is 17.6 Å². The SMILES string of the molecule is Cc1ccc(O)c(F)c1.O=CF.Oc1cc(O)c2c(c1)CC(NC1CCCC1)C2. The van der Waals surface area contributed by atoms with Crippen LogP contribution in [-0.4, -0.2) is 33.9 Å². The van der Waals surface area contributed by atoms with Crippen molar-refractivity contribution in [3.8, 4) is 17.2 Å². The van der Waals surface area contributed by atoms with E-state index in [1.807, 2.05) is 0 Å². The zero-order chi connectivity index (χ0) is 21.4. The summed E-state index contributed by atoms with van der Waals surface area (Å²) in [4.78, 5) is 8.14. The number of aryl methyl sites for hydroxylation is 1. The van der Waals surface area contributed by atoms with Gasteiger partial charge in [0.05, 0.1) is 0 Å². The Morgan fingerprint density at radius 1 is 1.00 bits per heavy atom. The van der Waals surface area contributed by atoms with Gasteiger partial charge in [-0.25, -0.2) is 4.39 Å². The van der Waals surface area contributed by atoms with Crippen LogP contribution in [0, 0.1) is 12.7 Å². The molecule has 0 heterocycles. The van der Waals surface area contributed by atoms with Crippen LogP contribution in [0.3, 0.4) is 0 Å². The maximum atomic E-state index is 12.3. The molecular weight excluding hydrogens is 380 g/mol. The minimum absolute atomic E-state index is 0.169. The summed E-state index contributed by atoms with van der Waals surface area (Å²) < 4.78 is 21.9. The maximum absolute atomic E-state index is 12.3. The van der Waals surface area contributed by atoms with E-state index < -0.39 is 12.4 Å². The number of carbonyl (C=O) groups is 1. The third-order valence-corrected chi connectivity index (χ3v) is 5.15. The summed E-state index contributed by atoms with van der Waals surface area (Å²) in [5.74, 6) is -0.436. The van der Waals surface area contributed by atoms with E-state index in [2.05, 4.69) is 5.32 Å². The highest BCUT2D eigenvalue weighted by atomic mass is 19.1. The van der Waals surface area contributed by atoms with Gasteiger partial charge >= 0.3 is 0 Å². The maximum Gasteiger partial charge on any atom is 0.289 e. The summed E-state index contributed by atoms with van der Waals surface area (Å²) in [5.41, 5.74) is 2.92. The Balaban J connectivity index is 0.000000211. The fourth-order valence-corrected chi connectivity index (χ4v) is 3.86. The largest absolute Gasteiger partial charge is 0.508 e. The van der Waals surface area contributed by atoms with Crippen molar-refractivity contribution in [3.05, 3.63) is 52.8 Å². The summed E-state index contributed by atoms with van der Waals surface area (Å²) in [7, 11) is 0. The van der Waals surface area contributed by atoms with E-state index in [9.17, 15) is 19.0 Å². The summed E-state index contributed by atoms with van der Waals surface area (Å²) in [6.07, 6.45) is 7.05. The van der Waals surface area contributed by atoms with Crippen molar-refractivity contribution >= 4 is 6.54 Å². The molecule has 2 aliphatic rings. The number of carbonyl (C=O) groups excluding carboxylic acids is 1. The van der Waals surface area contributed by atoms with Crippen molar-refractivity contribution < 1.29 is 28.9 Å². The molecule has 2 aliphatic carbocycles. The molecule has 1 unspecified atom stereocenters. The highest BCUT2D eigenvalue weighted by Gasteiger charge is 2.27. The van der Waals surface area contributed by atoms with Crippen LogP contribution in [0.2, 0.25) is 0 Å². The van der Waals surface area contributed by atoms with Crippen LogP contribution < -0.4 is 5.32 Å². The number of nitrogens with one attached hydrogen (secondary N) is 1. The molecule has 0 bridgehead atoms. The molecule has 2 aromatic carbocycles. The smallest absolute Gasteiger partial charge is 0.289 e. The molecule has 5 nitrogen and oxygen atoms in total. The first kappa shape index (κ1) is 22.6. The second-order valence-electron chi connectivity index (χ2n) is 7.40. The topological polar surface area (TPSA) is 89.8 Å². The first-order valence-corrected chi connectivity index (χ1v) is 9.62. The van der Waals surface area contributed by atoms with Crippen molar-refractivity contribution in [3.63, 3.8) is 0 Å². The monoisotopic (exact) mass is 407 g/mol. The summed E-state index contributed by atoms with van der Waals surface area (Å²) in [5, 5.41) is 31.6.